The Labute approximate surface area is 135 Å². The molecule has 6 nitrogen and oxygen atoms in total. The van der Waals surface area contributed by atoms with Gasteiger partial charge >= 0.3 is 0 Å². The van der Waals surface area contributed by atoms with Gasteiger partial charge in [0.05, 0.1) is 12.1 Å². The summed E-state index contributed by atoms with van der Waals surface area (Å²) in [6, 6.07) is 11.3. The third-order valence-electron chi connectivity index (χ3n) is 2.91. The summed E-state index contributed by atoms with van der Waals surface area (Å²) in [6.07, 6.45) is 2.29. The van der Waals surface area contributed by atoms with E-state index in [0.29, 0.717) is 11.6 Å². The van der Waals surface area contributed by atoms with Gasteiger partial charge in [-0.15, -0.1) is 16.4 Å². The van der Waals surface area contributed by atoms with Crippen LogP contribution in [0.15, 0.2) is 46.9 Å². The number of carbonyl (C=O) groups is 1. The number of thiophene rings is 1. The zero-order chi connectivity index (χ0) is 15.4. The molecule has 1 aromatic carbocycles. The maximum atomic E-state index is 12.0. The number of aromatic nitrogens is 4. The minimum atomic E-state index is -0.0404. The van der Waals surface area contributed by atoms with Crippen LogP contribution in [0, 0.1) is 0 Å². The first kappa shape index (κ1) is 14.7. The van der Waals surface area contributed by atoms with Crippen LogP contribution in [0.3, 0.4) is 0 Å². The van der Waals surface area contributed by atoms with Gasteiger partial charge in [-0.05, 0) is 46.3 Å². The molecular formula is C14H13N5OS2. The number of anilines is 1. The molecule has 2 aromatic heterocycles. The number of nitrogens with zero attached hydrogens (tertiary/aromatic N) is 4. The molecule has 112 valence electrons. The van der Waals surface area contributed by atoms with E-state index < -0.39 is 0 Å². The smallest absolute Gasteiger partial charge is 0.229 e. The minimum Gasteiger partial charge on any atom is -0.326 e. The summed E-state index contributed by atoms with van der Waals surface area (Å²) in [5, 5.41) is 17.1. The lowest BCUT2D eigenvalue weighted by atomic mass is 10.2. The average molecular weight is 331 g/mol. The Morgan fingerprint density at radius 3 is 3.05 bits per heavy atom. The molecule has 0 bridgehead atoms. The van der Waals surface area contributed by atoms with Crippen LogP contribution < -0.4 is 5.32 Å². The lowest BCUT2D eigenvalue weighted by Gasteiger charge is -2.07. The maximum Gasteiger partial charge on any atom is 0.229 e. The molecule has 0 saturated heterocycles. The van der Waals surface area contributed by atoms with Crippen LogP contribution in [-0.2, 0) is 11.2 Å². The van der Waals surface area contributed by atoms with Crippen molar-refractivity contribution in [2.45, 2.75) is 11.6 Å². The van der Waals surface area contributed by atoms with E-state index in [4.69, 9.17) is 0 Å². The molecule has 0 aliphatic rings. The van der Waals surface area contributed by atoms with Gasteiger partial charge in [0.1, 0.15) is 0 Å². The monoisotopic (exact) mass is 331 g/mol. The number of nitrogens with one attached hydrogen (secondary N) is 1. The quantitative estimate of drug-likeness (QED) is 0.728. The molecule has 22 heavy (non-hydrogen) atoms. The largest absolute Gasteiger partial charge is 0.326 e. The van der Waals surface area contributed by atoms with E-state index in [1.165, 1.54) is 11.8 Å². The second-order valence-corrected chi connectivity index (χ2v) is 6.24. The molecule has 0 radical (unpaired) electrons. The number of carbonyl (C=O) groups excluding carboxylic acids is 1. The van der Waals surface area contributed by atoms with Gasteiger partial charge in [0.15, 0.2) is 0 Å². The molecule has 0 saturated carbocycles. The Kier molecular flexibility index (Phi) is 4.50. The predicted molar refractivity (Wildman–Crippen MR) is 87.6 cm³/mol. The third kappa shape index (κ3) is 3.34. The summed E-state index contributed by atoms with van der Waals surface area (Å²) in [5.74, 6) is -0.0404. The molecule has 8 heteroatoms. The van der Waals surface area contributed by atoms with Crippen molar-refractivity contribution in [1.82, 2.24) is 20.2 Å². The van der Waals surface area contributed by atoms with Crippen molar-refractivity contribution >= 4 is 34.7 Å². The second kappa shape index (κ2) is 6.71. The molecule has 0 atom stereocenters. The van der Waals surface area contributed by atoms with Gasteiger partial charge in [0.2, 0.25) is 11.1 Å². The topological polar surface area (TPSA) is 72.7 Å². The molecule has 1 amide bonds. The summed E-state index contributed by atoms with van der Waals surface area (Å²) < 4.78 is 1.64. The molecule has 0 fully saturated rings. The maximum absolute atomic E-state index is 12.0. The number of amides is 1. The third-order valence-corrected chi connectivity index (χ3v) is 4.41. The van der Waals surface area contributed by atoms with Gasteiger partial charge in [0.25, 0.3) is 0 Å². The number of hydrogen-bond donors (Lipinski definition) is 1. The van der Waals surface area contributed by atoms with E-state index in [1.807, 2.05) is 48.0 Å². The van der Waals surface area contributed by atoms with Gasteiger partial charge in [-0.3, -0.25) is 4.79 Å². The van der Waals surface area contributed by atoms with Gasteiger partial charge in [0, 0.05) is 10.6 Å². The zero-order valence-electron chi connectivity index (χ0n) is 11.8. The van der Waals surface area contributed by atoms with Crippen LogP contribution in [0.2, 0.25) is 0 Å². The molecule has 0 aliphatic heterocycles. The van der Waals surface area contributed by atoms with E-state index in [9.17, 15) is 4.79 Å². The van der Waals surface area contributed by atoms with E-state index in [0.717, 1.165) is 16.3 Å². The Hall–Kier alpha value is -2.19. The Morgan fingerprint density at radius 1 is 1.36 bits per heavy atom. The highest BCUT2D eigenvalue weighted by Gasteiger charge is 2.09. The number of hydrogen-bond acceptors (Lipinski definition) is 6. The molecular weight excluding hydrogens is 318 g/mol. The first-order chi connectivity index (χ1) is 10.8. The number of benzene rings is 1. The van der Waals surface area contributed by atoms with Crippen molar-refractivity contribution in [3.8, 4) is 5.69 Å². The van der Waals surface area contributed by atoms with E-state index in [1.54, 1.807) is 16.0 Å². The molecule has 0 spiro atoms. The molecule has 3 aromatic rings. The molecule has 0 unspecified atom stereocenters. The van der Waals surface area contributed by atoms with Crippen molar-refractivity contribution in [3.05, 3.63) is 46.7 Å². The first-order valence-corrected chi connectivity index (χ1v) is 8.62. The fraction of sp³-hybridized carbons (Fsp3) is 0.143. The first-order valence-electron chi connectivity index (χ1n) is 6.51. The van der Waals surface area contributed by atoms with Crippen LogP contribution >= 0.6 is 23.1 Å². The lowest BCUT2D eigenvalue weighted by Crippen LogP contribution is -2.14. The molecule has 2 heterocycles. The van der Waals surface area contributed by atoms with Crippen molar-refractivity contribution in [2.24, 2.45) is 0 Å². The van der Waals surface area contributed by atoms with Crippen LogP contribution in [0.25, 0.3) is 5.69 Å². The van der Waals surface area contributed by atoms with Gasteiger partial charge in [-0.1, -0.05) is 23.9 Å². The van der Waals surface area contributed by atoms with Gasteiger partial charge in [-0.2, -0.15) is 4.68 Å². The Morgan fingerprint density at radius 2 is 2.27 bits per heavy atom. The van der Waals surface area contributed by atoms with Gasteiger partial charge in [-0.25, -0.2) is 0 Å². The fourth-order valence-corrected chi connectivity index (χ4v) is 3.10. The van der Waals surface area contributed by atoms with Crippen LogP contribution in [0.1, 0.15) is 4.88 Å². The molecule has 0 aliphatic carbocycles. The second-order valence-electron chi connectivity index (χ2n) is 4.43. The predicted octanol–water partition coefficient (Wildman–Crippen LogP) is 2.63. The molecule has 3 rings (SSSR count). The summed E-state index contributed by atoms with van der Waals surface area (Å²) in [4.78, 5) is 13.1. The highest BCUT2D eigenvalue weighted by Crippen LogP contribution is 2.19. The summed E-state index contributed by atoms with van der Waals surface area (Å²) in [6.45, 7) is 0. The average Bonchev–Trinajstić information content (AvgIpc) is 3.18. The highest BCUT2D eigenvalue weighted by atomic mass is 32.2. The van der Waals surface area contributed by atoms with E-state index in [2.05, 4.69) is 20.8 Å². The number of thioether (sulfide) groups is 1. The minimum absolute atomic E-state index is 0.0404. The summed E-state index contributed by atoms with van der Waals surface area (Å²) in [7, 11) is 0. The van der Waals surface area contributed by atoms with Crippen LogP contribution in [0.4, 0.5) is 5.69 Å². The Balaban J connectivity index is 1.75. The number of tetrazole rings is 1. The van der Waals surface area contributed by atoms with Gasteiger partial charge < -0.3 is 5.32 Å². The van der Waals surface area contributed by atoms with E-state index >= 15 is 0 Å². The highest BCUT2D eigenvalue weighted by molar-refractivity contribution is 7.98. The van der Waals surface area contributed by atoms with Crippen molar-refractivity contribution in [3.63, 3.8) is 0 Å². The summed E-state index contributed by atoms with van der Waals surface area (Å²) in [5.41, 5.74) is 1.53. The zero-order valence-corrected chi connectivity index (χ0v) is 13.4. The van der Waals surface area contributed by atoms with E-state index in [-0.39, 0.29) is 5.91 Å². The van der Waals surface area contributed by atoms with Crippen LogP contribution in [0.5, 0.6) is 0 Å². The van der Waals surface area contributed by atoms with Crippen LogP contribution in [-0.4, -0.2) is 32.4 Å². The van der Waals surface area contributed by atoms with Crippen molar-refractivity contribution in [2.75, 3.05) is 11.6 Å². The molecule has 1 N–H and O–H groups in total. The standard InChI is InChI=1S/C14H13N5OS2/c1-21-14-16-17-18-19(14)11-5-2-4-10(8-11)15-13(20)9-12-6-3-7-22-12/h2-8H,9H2,1H3,(H,15,20). The number of rotatable bonds is 5. The van der Waals surface area contributed by atoms with Crippen molar-refractivity contribution < 1.29 is 4.79 Å². The fourth-order valence-electron chi connectivity index (χ4n) is 1.96. The Bertz CT molecular complexity index is 769. The normalized spacial score (nSPS) is 10.6. The summed E-state index contributed by atoms with van der Waals surface area (Å²) >= 11 is 3.03. The SMILES string of the molecule is CSc1nnnn1-c1cccc(NC(=O)Cc2cccs2)c1. The lowest BCUT2D eigenvalue weighted by molar-refractivity contribution is -0.115. The van der Waals surface area contributed by atoms with Crippen molar-refractivity contribution in [1.29, 1.82) is 0 Å².